The Kier molecular flexibility index (Phi) is 7.85. The minimum atomic E-state index is -0.203. The van der Waals surface area contributed by atoms with Crippen LogP contribution in [-0.4, -0.2) is 23.4 Å². The molecule has 0 amide bonds. The van der Waals surface area contributed by atoms with Crippen LogP contribution < -0.4 is 0 Å². The lowest BCUT2D eigenvalue weighted by Gasteiger charge is -2.57. The number of allylic oxidation sites excluding steroid dienone is 2. The average Bonchev–Trinajstić information content (AvgIpc) is 2.57. The zero-order valence-corrected chi connectivity index (χ0v) is 15.2. The molecule has 0 aromatic carbocycles. The summed E-state index contributed by atoms with van der Waals surface area (Å²) in [5.41, 5.74) is -0.406. The molecule has 1 heterocycles. The van der Waals surface area contributed by atoms with Crippen LogP contribution in [0.4, 0.5) is 0 Å². The summed E-state index contributed by atoms with van der Waals surface area (Å²) in [7, 11) is 0. The van der Waals surface area contributed by atoms with E-state index < -0.39 is 0 Å². The molecule has 1 rings (SSSR count). The van der Waals surface area contributed by atoms with E-state index in [2.05, 4.69) is 40.9 Å². The van der Waals surface area contributed by atoms with Crippen molar-refractivity contribution in [3.63, 3.8) is 0 Å². The summed E-state index contributed by atoms with van der Waals surface area (Å²) in [6.45, 7) is 16.7. The number of hydrogen-bond acceptors (Lipinski definition) is 2. The Balaban J connectivity index is 3.21. The van der Waals surface area contributed by atoms with Gasteiger partial charge in [-0.2, -0.15) is 0 Å². The second-order valence-corrected chi connectivity index (χ2v) is 6.48. The first-order valence-corrected chi connectivity index (χ1v) is 9.16. The lowest BCUT2D eigenvalue weighted by molar-refractivity contribution is -0.324. The fraction of sp³-hybridized carbons (Fsp3) is 0.800. The van der Waals surface area contributed by atoms with Gasteiger partial charge in [0.25, 0.3) is 0 Å². The molecule has 1 aliphatic rings. The van der Waals surface area contributed by atoms with Crippen molar-refractivity contribution >= 4 is 0 Å². The van der Waals surface area contributed by atoms with Gasteiger partial charge < -0.3 is 9.47 Å². The highest BCUT2D eigenvalue weighted by atomic mass is 16.6. The Morgan fingerprint density at radius 2 is 1.14 bits per heavy atom. The van der Waals surface area contributed by atoms with Crippen molar-refractivity contribution in [1.82, 2.24) is 0 Å². The lowest BCUT2D eigenvalue weighted by atomic mass is 9.71. The Labute approximate surface area is 138 Å². The van der Waals surface area contributed by atoms with Gasteiger partial charge in [-0.05, 0) is 51.4 Å². The van der Waals surface area contributed by atoms with Crippen LogP contribution in [0.1, 0.15) is 79.1 Å². The molecule has 4 atom stereocenters. The summed E-state index contributed by atoms with van der Waals surface area (Å²) in [6.07, 6.45) is 12.3. The first-order chi connectivity index (χ1) is 10.6. The minimum absolute atomic E-state index is 0.203. The molecule has 2 nitrogen and oxygen atoms in total. The molecule has 1 aliphatic heterocycles. The Morgan fingerprint density at radius 1 is 0.773 bits per heavy atom. The van der Waals surface area contributed by atoms with Gasteiger partial charge in [0.1, 0.15) is 0 Å². The molecule has 0 aromatic rings. The van der Waals surface area contributed by atoms with Crippen molar-refractivity contribution in [2.75, 3.05) is 0 Å². The molecule has 0 radical (unpaired) electrons. The topological polar surface area (TPSA) is 18.5 Å². The summed E-state index contributed by atoms with van der Waals surface area (Å²) in [6, 6.07) is 0. The van der Waals surface area contributed by atoms with Gasteiger partial charge in [-0.3, -0.25) is 0 Å². The van der Waals surface area contributed by atoms with Crippen LogP contribution in [0.2, 0.25) is 0 Å². The standard InChI is InChI=1S/C20H36O2/c1-7-13-15-19(11-5)20(12-6,16-14-8-2)22-18(10-4)17(9-3)21-19/h7-8,17-18H,1-2,9-16H2,3-6H3. The molecule has 0 bridgehead atoms. The van der Waals surface area contributed by atoms with E-state index in [9.17, 15) is 0 Å². The van der Waals surface area contributed by atoms with Crippen molar-refractivity contribution in [1.29, 1.82) is 0 Å². The predicted octanol–water partition coefficient (Wildman–Crippen LogP) is 5.82. The van der Waals surface area contributed by atoms with Crippen molar-refractivity contribution in [2.45, 2.75) is 102 Å². The fourth-order valence-electron chi connectivity index (χ4n) is 4.05. The van der Waals surface area contributed by atoms with Crippen molar-refractivity contribution in [3.05, 3.63) is 25.3 Å². The highest BCUT2D eigenvalue weighted by Crippen LogP contribution is 2.49. The van der Waals surface area contributed by atoms with Gasteiger partial charge in [-0.1, -0.05) is 39.8 Å². The molecule has 2 heteroatoms. The van der Waals surface area contributed by atoms with Crippen LogP contribution in [-0.2, 0) is 9.47 Å². The van der Waals surface area contributed by atoms with Crippen LogP contribution in [0, 0.1) is 0 Å². The molecule has 0 N–H and O–H groups in total. The summed E-state index contributed by atoms with van der Waals surface area (Å²) in [5, 5.41) is 0. The van der Waals surface area contributed by atoms with Gasteiger partial charge in [0.15, 0.2) is 0 Å². The van der Waals surface area contributed by atoms with Crippen LogP contribution in [0.5, 0.6) is 0 Å². The highest BCUT2D eigenvalue weighted by molar-refractivity contribution is 5.07. The zero-order valence-electron chi connectivity index (χ0n) is 15.2. The molecule has 1 saturated heterocycles. The molecule has 4 unspecified atom stereocenters. The van der Waals surface area contributed by atoms with E-state index in [4.69, 9.17) is 9.47 Å². The second-order valence-electron chi connectivity index (χ2n) is 6.48. The monoisotopic (exact) mass is 308 g/mol. The SMILES string of the molecule is C=CCCC1(CC)OC(CC)C(CC)OC1(CC)CCC=C. The van der Waals surface area contributed by atoms with E-state index in [1.165, 1.54) is 0 Å². The van der Waals surface area contributed by atoms with Gasteiger partial charge >= 0.3 is 0 Å². The molecular weight excluding hydrogens is 272 g/mol. The van der Waals surface area contributed by atoms with E-state index in [0.717, 1.165) is 51.4 Å². The van der Waals surface area contributed by atoms with Crippen molar-refractivity contribution in [3.8, 4) is 0 Å². The Bertz CT molecular complexity index is 318. The van der Waals surface area contributed by atoms with Gasteiger partial charge in [-0.15, -0.1) is 13.2 Å². The Morgan fingerprint density at radius 3 is 1.36 bits per heavy atom. The first-order valence-electron chi connectivity index (χ1n) is 9.16. The minimum Gasteiger partial charge on any atom is -0.366 e. The third-order valence-electron chi connectivity index (χ3n) is 5.45. The van der Waals surface area contributed by atoms with E-state index in [1.807, 2.05) is 12.2 Å². The van der Waals surface area contributed by atoms with E-state index >= 15 is 0 Å². The van der Waals surface area contributed by atoms with Crippen LogP contribution in [0.15, 0.2) is 25.3 Å². The van der Waals surface area contributed by atoms with Crippen LogP contribution >= 0.6 is 0 Å². The molecule has 0 spiro atoms. The smallest absolute Gasteiger partial charge is 0.0976 e. The number of ether oxygens (including phenoxy) is 2. The van der Waals surface area contributed by atoms with Crippen molar-refractivity contribution < 1.29 is 9.47 Å². The van der Waals surface area contributed by atoms with E-state index in [-0.39, 0.29) is 23.4 Å². The number of hydrogen-bond donors (Lipinski definition) is 0. The van der Waals surface area contributed by atoms with Gasteiger partial charge in [0, 0.05) is 0 Å². The molecule has 1 fully saturated rings. The molecule has 128 valence electrons. The summed E-state index contributed by atoms with van der Waals surface area (Å²) >= 11 is 0. The third-order valence-corrected chi connectivity index (χ3v) is 5.45. The maximum atomic E-state index is 6.77. The molecule has 22 heavy (non-hydrogen) atoms. The van der Waals surface area contributed by atoms with Gasteiger partial charge in [0.05, 0.1) is 23.4 Å². The van der Waals surface area contributed by atoms with Crippen LogP contribution in [0.25, 0.3) is 0 Å². The summed E-state index contributed by atoms with van der Waals surface area (Å²) < 4.78 is 13.5. The molecular formula is C20H36O2. The Hall–Kier alpha value is -0.600. The highest BCUT2D eigenvalue weighted by Gasteiger charge is 2.56. The number of rotatable bonds is 10. The predicted molar refractivity (Wildman–Crippen MR) is 95.2 cm³/mol. The van der Waals surface area contributed by atoms with E-state index in [0.29, 0.717) is 0 Å². The van der Waals surface area contributed by atoms with Gasteiger partial charge in [0.2, 0.25) is 0 Å². The largest absolute Gasteiger partial charge is 0.366 e. The summed E-state index contributed by atoms with van der Waals surface area (Å²) in [5.74, 6) is 0. The molecule has 0 saturated carbocycles. The maximum absolute atomic E-state index is 6.77. The zero-order chi connectivity index (χ0) is 16.6. The van der Waals surface area contributed by atoms with E-state index in [1.54, 1.807) is 0 Å². The van der Waals surface area contributed by atoms with Crippen LogP contribution in [0.3, 0.4) is 0 Å². The fourth-order valence-corrected chi connectivity index (χ4v) is 4.05. The third kappa shape index (κ3) is 3.65. The average molecular weight is 309 g/mol. The normalized spacial score (nSPS) is 35.3. The first kappa shape index (κ1) is 19.4. The van der Waals surface area contributed by atoms with Crippen molar-refractivity contribution in [2.24, 2.45) is 0 Å². The maximum Gasteiger partial charge on any atom is 0.0976 e. The lowest BCUT2D eigenvalue weighted by Crippen LogP contribution is -2.65. The summed E-state index contributed by atoms with van der Waals surface area (Å²) in [4.78, 5) is 0. The van der Waals surface area contributed by atoms with Gasteiger partial charge in [-0.25, -0.2) is 0 Å². The quantitative estimate of drug-likeness (QED) is 0.473. The molecule has 0 aromatic heterocycles. The molecule has 0 aliphatic carbocycles. The second kappa shape index (κ2) is 8.88.